The molecule has 0 fully saturated rings. The van der Waals surface area contributed by atoms with Crippen molar-refractivity contribution < 1.29 is 19.4 Å². The van der Waals surface area contributed by atoms with Crippen LogP contribution in [0.5, 0.6) is 5.75 Å². The quantitative estimate of drug-likeness (QED) is 0.726. The summed E-state index contributed by atoms with van der Waals surface area (Å²) in [5.41, 5.74) is 2.53. The SMILES string of the molecule is CCC(=O)C1=C(O)C(=O)N(c2ccc(OCC(C)C)cc2)C1c1ccccc1C. The second-order valence-corrected chi connectivity index (χ2v) is 7.67. The molecule has 29 heavy (non-hydrogen) atoms. The summed E-state index contributed by atoms with van der Waals surface area (Å²) in [5.74, 6) is -0.146. The van der Waals surface area contributed by atoms with E-state index in [1.54, 1.807) is 31.2 Å². The molecule has 5 nitrogen and oxygen atoms in total. The molecule has 1 unspecified atom stereocenters. The van der Waals surface area contributed by atoms with Gasteiger partial charge in [-0.1, -0.05) is 45.0 Å². The zero-order chi connectivity index (χ0) is 21.1. The van der Waals surface area contributed by atoms with Gasteiger partial charge in [0.15, 0.2) is 11.5 Å². The summed E-state index contributed by atoms with van der Waals surface area (Å²) >= 11 is 0. The predicted molar refractivity (Wildman–Crippen MR) is 113 cm³/mol. The van der Waals surface area contributed by atoms with Gasteiger partial charge in [-0.25, -0.2) is 0 Å². The standard InChI is InChI=1S/C24H27NO4/c1-5-20(26)21-22(19-9-7-6-8-16(19)4)25(24(28)23(21)27)17-10-12-18(13-11-17)29-14-15(2)3/h6-13,15,22,27H,5,14H2,1-4H3. The van der Waals surface area contributed by atoms with Crippen LogP contribution in [0.15, 0.2) is 59.9 Å². The van der Waals surface area contributed by atoms with Crippen molar-refractivity contribution >= 4 is 17.4 Å². The maximum absolute atomic E-state index is 13.0. The summed E-state index contributed by atoms with van der Waals surface area (Å²) in [5, 5.41) is 10.6. The zero-order valence-electron chi connectivity index (χ0n) is 17.3. The molecule has 1 amide bonds. The maximum atomic E-state index is 13.0. The van der Waals surface area contributed by atoms with Crippen LogP contribution in [0, 0.1) is 12.8 Å². The Kier molecular flexibility index (Phi) is 6.06. The molecular formula is C24H27NO4. The van der Waals surface area contributed by atoms with Crippen molar-refractivity contribution in [2.24, 2.45) is 5.92 Å². The molecular weight excluding hydrogens is 366 g/mol. The van der Waals surface area contributed by atoms with Gasteiger partial charge in [0.2, 0.25) is 0 Å². The third-order valence-corrected chi connectivity index (χ3v) is 5.01. The highest BCUT2D eigenvalue weighted by Gasteiger charge is 2.44. The molecule has 0 aromatic heterocycles. The van der Waals surface area contributed by atoms with Crippen LogP contribution in [0.3, 0.4) is 0 Å². The highest BCUT2D eigenvalue weighted by atomic mass is 16.5. The molecule has 0 radical (unpaired) electrons. The molecule has 1 aliphatic heterocycles. The van der Waals surface area contributed by atoms with Crippen molar-refractivity contribution in [3.05, 3.63) is 71.0 Å². The summed E-state index contributed by atoms with van der Waals surface area (Å²) in [6, 6.07) is 14.1. The normalized spacial score (nSPS) is 16.7. The number of aliphatic hydroxyl groups excluding tert-OH is 1. The Morgan fingerprint density at radius 3 is 2.38 bits per heavy atom. The second-order valence-electron chi connectivity index (χ2n) is 7.67. The fourth-order valence-electron chi connectivity index (χ4n) is 3.50. The van der Waals surface area contributed by atoms with Gasteiger partial charge in [0, 0.05) is 12.1 Å². The van der Waals surface area contributed by atoms with E-state index in [1.165, 1.54) is 4.90 Å². The summed E-state index contributed by atoms with van der Waals surface area (Å²) in [6.45, 7) is 8.41. The van der Waals surface area contributed by atoms with Crippen LogP contribution in [0.25, 0.3) is 0 Å². The number of aryl methyl sites for hydroxylation is 1. The number of anilines is 1. The molecule has 0 bridgehead atoms. The van der Waals surface area contributed by atoms with E-state index in [2.05, 4.69) is 13.8 Å². The molecule has 2 aromatic carbocycles. The van der Waals surface area contributed by atoms with Crippen LogP contribution >= 0.6 is 0 Å². The van der Waals surface area contributed by atoms with Crippen LogP contribution in [-0.2, 0) is 9.59 Å². The van der Waals surface area contributed by atoms with Gasteiger partial charge in [-0.05, 0) is 48.2 Å². The zero-order valence-corrected chi connectivity index (χ0v) is 17.3. The Hall–Kier alpha value is -3.08. The number of hydrogen-bond donors (Lipinski definition) is 1. The van der Waals surface area contributed by atoms with E-state index in [1.807, 2.05) is 31.2 Å². The molecule has 0 aliphatic carbocycles. The van der Waals surface area contributed by atoms with Crippen LogP contribution < -0.4 is 9.64 Å². The molecule has 1 atom stereocenters. The van der Waals surface area contributed by atoms with E-state index < -0.39 is 17.7 Å². The van der Waals surface area contributed by atoms with Gasteiger partial charge in [-0.2, -0.15) is 0 Å². The number of aliphatic hydroxyl groups is 1. The van der Waals surface area contributed by atoms with Gasteiger partial charge in [0.25, 0.3) is 5.91 Å². The van der Waals surface area contributed by atoms with Crippen molar-refractivity contribution in [3.8, 4) is 5.75 Å². The third kappa shape index (κ3) is 4.04. The Morgan fingerprint density at radius 2 is 1.79 bits per heavy atom. The molecule has 5 heteroatoms. The Labute approximate surface area is 171 Å². The number of benzene rings is 2. The highest BCUT2D eigenvalue weighted by Crippen LogP contribution is 2.42. The van der Waals surface area contributed by atoms with Crippen molar-refractivity contribution in [2.75, 3.05) is 11.5 Å². The number of carbonyl (C=O) groups excluding carboxylic acids is 2. The van der Waals surface area contributed by atoms with Crippen LogP contribution in [-0.4, -0.2) is 23.4 Å². The van der Waals surface area contributed by atoms with E-state index in [0.717, 1.165) is 11.1 Å². The number of Topliss-reactive ketones (excluding diaryl/α,β-unsaturated/α-hetero) is 1. The van der Waals surface area contributed by atoms with E-state index in [9.17, 15) is 14.7 Å². The highest BCUT2D eigenvalue weighted by molar-refractivity contribution is 6.16. The number of ketones is 1. The minimum Gasteiger partial charge on any atom is -0.503 e. The number of carbonyl (C=O) groups is 2. The molecule has 152 valence electrons. The number of hydrogen-bond acceptors (Lipinski definition) is 4. The van der Waals surface area contributed by atoms with Crippen molar-refractivity contribution in [2.45, 2.75) is 40.2 Å². The van der Waals surface area contributed by atoms with Gasteiger partial charge >= 0.3 is 0 Å². The first-order chi connectivity index (χ1) is 13.8. The van der Waals surface area contributed by atoms with Gasteiger partial charge < -0.3 is 9.84 Å². The summed E-state index contributed by atoms with van der Waals surface area (Å²) in [4.78, 5) is 27.1. The predicted octanol–water partition coefficient (Wildman–Crippen LogP) is 4.91. The lowest BCUT2D eigenvalue weighted by Crippen LogP contribution is -2.31. The average Bonchev–Trinajstić information content (AvgIpc) is 2.97. The largest absolute Gasteiger partial charge is 0.503 e. The molecule has 0 spiro atoms. The first-order valence-corrected chi connectivity index (χ1v) is 9.93. The molecule has 0 saturated heterocycles. The fourth-order valence-corrected chi connectivity index (χ4v) is 3.50. The monoisotopic (exact) mass is 393 g/mol. The minimum atomic E-state index is -0.654. The average molecular weight is 393 g/mol. The molecule has 2 aromatic rings. The van der Waals surface area contributed by atoms with Crippen molar-refractivity contribution in [1.82, 2.24) is 0 Å². The molecule has 3 rings (SSSR count). The number of nitrogens with zero attached hydrogens (tertiary/aromatic N) is 1. The molecule has 1 N–H and O–H groups in total. The molecule has 1 aliphatic rings. The Bertz CT molecular complexity index is 944. The van der Waals surface area contributed by atoms with E-state index >= 15 is 0 Å². The lowest BCUT2D eigenvalue weighted by Gasteiger charge is -2.28. The van der Waals surface area contributed by atoms with Gasteiger partial charge in [-0.3, -0.25) is 14.5 Å². The summed E-state index contributed by atoms with van der Waals surface area (Å²) in [7, 11) is 0. The lowest BCUT2D eigenvalue weighted by atomic mass is 9.92. The van der Waals surface area contributed by atoms with Crippen LogP contribution in [0.2, 0.25) is 0 Å². The number of rotatable bonds is 7. The smallest absolute Gasteiger partial charge is 0.294 e. The summed E-state index contributed by atoms with van der Waals surface area (Å²) in [6.07, 6.45) is 0.213. The number of amides is 1. The molecule has 0 saturated carbocycles. The first-order valence-electron chi connectivity index (χ1n) is 9.93. The van der Waals surface area contributed by atoms with Crippen molar-refractivity contribution in [1.29, 1.82) is 0 Å². The fraction of sp³-hybridized carbons (Fsp3) is 0.333. The first kappa shape index (κ1) is 20.6. The summed E-state index contributed by atoms with van der Waals surface area (Å²) < 4.78 is 5.72. The second kappa shape index (κ2) is 8.52. The number of ether oxygens (including phenoxy) is 1. The third-order valence-electron chi connectivity index (χ3n) is 5.01. The van der Waals surface area contributed by atoms with E-state index in [-0.39, 0.29) is 17.8 Å². The Morgan fingerprint density at radius 1 is 1.14 bits per heavy atom. The van der Waals surface area contributed by atoms with Gasteiger partial charge in [0.05, 0.1) is 18.2 Å². The lowest BCUT2D eigenvalue weighted by molar-refractivity contribution is -0.118. The van der Waals surface area contributed by atoms with Crippen LogP contribution in [0.1, 0.15) is 44.4 Å². The van der Waals surface area contributed by atoms with Gasteiger partial charge in [0.1, 0.15) is 5.75 Å². The van der Waals surface area contributed by atoms with Crippen LogP contribution in [0.4, 0.5) is 5.69 Å². The maximum Gasteiger partial charge on any atom is 0.294 e. The molecule has 1 heterocycles. The topological polar surface area (TPSA) is 66.8 Å². The van der Waals surface area contributed by atoms with E-state index in [4.69, 9.17) is 4.74 Å². The Balaban J connectivity index is 2.04. The minimum absolute atomic E-state index is 0.159. The van der Waals surface area contributed by atoms with Gasteiger partial charge in [-0.15, -0.1) is 0 Å². The van der Waals surface area contributed by atoms with E-state index in [0.29, 0.717) is 24.0 Å². The van der Waals surface area contributed by atoms with Crippen molar-refractivity contribution in [3.63, 3.8) is 0 Å².